The van der Waals surface area contributed by atoms with E-state index in [4.69, 9.17) is 0 Å². The van der Waals surface area contributed by atoms with Crippen LogP contribution in [0.2, 0.25) is 0 Å². The molecule has 0 saturated carbocycles. The predicted molar refractivity (Wildman–Crippen MR) is 64.6 cm³/mol. The third-order valence-corrected chi connectivity index (χ3v) is 2.76. The lowest BCUT2D eigenvalue weighted by Gasteiger charge is -2.07. The molecule has 0 radical (unpaired) electrons. The fraction of sp³-hybridized carbons (Fsp3) is 0. The SMILES string of the molecule is O=CNc1cccc2c1ccc1cccn12. The Kier molecular flexibility index (Phi) is 1.90. The molecule has 1 amide bonds. The molecule has 1 N–H and O–H groups in total. The van der Waals surface area contributed by atoms with Gasteiger partial charge in [-0.2, -0.15) is 0 Å². The lowest BCUT2D eigenvalue weighted by atomic mass is 10.1. The maximum atomic E-state index is 10.5. The topological polar surface area (TPSA) is 33.5 Å². The summed E-state index contributed by atoms with van der Waals surface area (Å²) >= 11 is 0. The summed E-state index contributed by atoms with van der Waals surface area (Å²) in [7, 11) is 0. The molecule has 2 aromatic heterocycles. The van der Waals surface area contributed by atoms with Crippen LogP contribution in [-0.2, 0) is 4.79 Å². The van der Waals surface area contributed by atoms with Gasteiger partial charge in [0.15, 0.2) is 0 Å². The zero-order valence-corrected chi connectivity index (χ0v) is 8.55. The van der Waals surface area contributed by atoms with Crippen LogP contribution in [0.5, 0.6) is 0 Å². The van der Waals surface area contributed by atoms with Crippen molar-refractivity contribution < 1.29 is 4.79 Å². The van der Waals surface area contributed by atoms with E-state index < -0.39 is 0 Å². The number of hydrogen-bond donors (Lipinski definition) is 1. The van der Waals surface area contributed by atoms with Gasteiger partial charge in [0.2, 0.25) is 6.41 Å². The number of nitrogens with zero attached hydrogens (tertiary/aromatic N) is 1. The number of pyridine rings is 1. The van der Waals surface area contributed by atoms with Gasteiger partial charge in [-0.3, -0.25) is 4.79 Å². The number of aromatic nitrogens is 1. The van der Waals surface area contributed by atoms with Crippen molar-refractivity contribution in [3.63, 3.8) is 0 Å². The second kappa shape index (κ2) is 3.38. The van der Waals surface area contributed by atoms with Crippen LogP contribution in [0, 0.1) is 0 Å². The zero-order chi connectivity index (χ0) is 11.0. The predicted octanol–water partition coefficient (Wildman–Crippen LogP) is 2.66. The molecule has 0 aliphatic carbocycles. The van der Waals surface area contributed by atoms with E-state index in [1.807, 2.05) is 42.6 Å². The van der Waals surface area contributed by atoms with Gasteiger partial charge in [-0.15, -0.1) is 0 Å². The van der Waals surface area contributed by atoms with E-state index in [9.17, 15) is 4.79 Å². The number of benzene rings is 1. The number of rotatable bonds is 2. The molecule has 0 atom stereocenters. The molecule has 0 bridgehead atoms. The Balaban J connectivity index is 2.43. The number of hydrogen-bond acceptors (Lipinski definition) is 1. The number of carbonyl (C=O) groups excluding carboxylic acids is 1. The smallest absolute Gasteiger partial charge is 0.211 e. The highest BCUT2D eigenvalue weighted by Gasteiger charge is 2.02. The molecular formula is C13H10N2O. The van der Waals surface area contributed by atoms with Gasteiger partial charge in [0.05, 0.1) is 5.52 Å². The van der Waals surface area contributed by atoms with Crippen LogP contribution in [0.3, 0.4) is 0 Å². The number of nitrogens with one attached hydrogen (secondary N) is 1. The monoisotopic (exact) mass is 210 g/mol. The van der Waals surface area contributed by atoms with Gasteiger partial charge in [-0.05, 0) is 36.4 Å². The number of anilines is 1. The lowest BCUT2D eigenvalue weighted by molar-refractivity contribution is -0.105. The first kappa shape index (κ1) is 8.97. The van der Waals surface area contributed by atoms with Gasteiger partial charge in [0.1, 0.15) is 0 Å². The number of carbonyl (C=O) groups is 1. The van der Waals surface area contributed by atoms with E-state index >= 15 is 0 Å². The van der Waals surface area contributed by atoms with Crippen molar-refractivity contribution in [3.8, 4) is 0 Å². The zero-order valence-electron chi connectivity index (χ0n) is 8.55. The van der Waals surface area contributed by atoms with Gasteiger partial charge < -0.3 is 9.72 Å². The normalized spacial score (nSPS) is 10.8. The largest absolute Gasteiger partial charge is 0.328 e. The maximum Gasteiger partial charge on any atom is 0.211 e. The summed E-state index contributed by atoms with van der Waals surface area (Å²) in [4.78, 5) is 10.5. The van der Waals surface area contributed by atoms with Crippen molar-refractivity contribution in [2.24, 2.45) is 0 Å². The Morgan fingerprint density at radius 1 is 1.06 bits per heavy atom. The van der Waals surface area contributed by atoms with Crippen LogP contribution in [0.15, 0.2) is 48.7 Å². The van der Waals surface area contributed by atoms with Gasteiger partial charge >= 0.3 is 0 Å². The quantitative estimate of drug-likeness (QED) is 0.648. The first-order valence-corrected chi connectivity index (χ1v) is 5.09. The third-order valence-electron chi connectivity index (χ3n) is 2.76. The average Bonchev–Trinajstić information content (AvgIpc) is 2.78. The summed E-state index contributed by atoms with van der Waals surface area (Å²) in [6, 6.07) is 14.0. The molecule has 0 aliphatic rings. The van der Waals surface area contributed by atoms with E-state index in [1.165, 1.54) is 0 Å². The molecule has 3 aromatic rings. The molecule has 2 heterocycles. The summed E-state index contributed by atoms with van der Waals surface area (Å²) < 4.78 is 2.10. The third kappa shape index (κ3) is 1.18. The van der Waals surface area contributed by atoms with Gasteiger partial charge in [-0.1, -0.05) is 6.07 Å². The Bertz CT molecular complexity index is 670. The molecular weight excluding hydrogens is 200 g/mol. The van der Waals surface area contributed by atoms with Crippen LogP contribution < -0.4 is 5.32 Å². The summed E-state index contributed by atoms with van der Waals surface area (Å²) in [5.74, 6) is 0. The summed E-state index contributed by atoms with van der Waals surface area (Å²) in [5, 5.41) is 3.75. The van der Waals surface area contributed by atoms with E-state index in [1.54, 1.807) is 0 Å². The fourth-order valence-electron chi connectivity index (χ4n) is 2.05. The second-order valence-corrected chi connectivity index (χ2v) is 3.64. The standard InChI is InChI=1S/C13H10N2O/c16-9-14-12-4-1-5-13-11(12)7-6-10-3-2-8-15(10)13/h1-9H,(H,14,16). The van der Waals surface area contributed by atoms with Crippen LogP contribution in [0.1, 0.15) is 0 Å². The van der Waals surface area contributed by atoms with E-state index in [2.05, 4.69) is 15.8 Å². The molecule has 0 spiro atoms. The summed E-state index contributed by atoms with van der Waals surface area (Å²) in [6.07, 6.45) is 2.72. The van der Waals surface area contributed by atoms with Crippen LogP contribution in [-0.4, -0.2) is 10.8 Å². The molecule has 3 heteroatoms. The average molecular weight is 210 g/mol. The highest BCUT2D eigenvalue weighted by atomic mass is 16.1. The van der Waals surface area contributed by atoms with Crippen molar-refractivity contribution in [2.75, 3.05) is 5.32 Å². The first-order chi connectivity index (χ1) is 7.90. The molecule has 0 saturated heterocycles. The minimum Gasteiger partial charge on any atom is -0.328 e. The Labute approximate surface area is 92.3 Å². The van der Waals surface area contributed by atoms with Crippen molar-refractivity contribution in [1.29, 1.82) is 0 Å². The van der Waals surface area contributed by atoms with Crippen molar-refractivity contribution >= 4 is 28.5 Å². The molecule has 3 rings (SSSR count). The second-order valence-electron chi connectivity index (χ2n) is 3.64. The lowest BCUT2D eigenvalue weighted by Crippen LogP contribution is -1.96. The Hall–Kier alpha value is -2.29. The Morgan fingerprint density at radius 2 is 2.00 bits per heavy atom. The van der Waals surface area contributed by atoms with Crippen LogP contribution in [0.4, 0.5) is 5.69 Å². The van der Waals surface area contributed by atoms with E-state index in [-0.39, 0.29) is 0 Å². The molecule has 1 aromatic carbocycles. The van der Waals surface area contributed by atoms with Gasteiger partial charge in [0, 0.05) is 22.8 Å². The number of fused-ring (bicyclic) bond motifs is 3. The first-order valence-electron chi connectivity index (χ1n) is 5.09. The van der Waals surface area contributed by atoms with Crippen molar-refractivity contribution in [1.82, 2.24) is 4.40 Å². The molecule has 3 nitrogen and oxygen atoms in total. The van der Waals surface area contributed by atoms with Gasteiger partial charge in [0.25, 0.3) is 0 Å². The summed E-state index contributed by atoms with van der Waals surface area (Å²) in [6.45, 7) is 0. The van der Waals surface area contributed by atoms with Crippen molar-refractivity contribution in [3.05, 3.63) is 48.7 Å². The maximum absolute atomic E-state index is 10.5. The molecule has 16 heavy (non-hydrogen) atoms. The minimum absolute atomic E-state index is 0.703. The van der Waals surface area contributed by atoms with Crippen LogP contribution >= 0.6 is 0 Å². The molecule has 0 aliphatic heterocycles. The highest BCUT2D eigenvalue weighted by Crippen LogP contribution is 2.24. The molecule has 78 valence electrons. The van der Waals surface area contributed by atoms with E-state index in [0.29, 0.717) is 6.41 Å². The minimum atomic E-state index is 0.703. The summed E-state index contributed by atoms with van der Waals surface area (Å²) in [5.41, 5.74) is 3.08. The number of amides is 1. The Morgan fingerprint density at radius 3 is 2.88 bits per heavy atom. The molecule has 0 fully saturated rings. The molecule has 0 unspecified atom stereocenters. The fourth-order valence-corrected chi connectivity index (χ4v) is 2.05. The van der Waals surface area contributed by atoms with Crippen molar-refractivity contribution in [2.45, 2.75) is 0 Å². The highest BCUT2D eigenvalue weighted by molar-refractivity contribution is 5.97. The van der Waals surface area contributed by atoms with Crippen LogP contribution in [0.25, 0.3) is 16.4 Å². The van der Waals surface area contributed by atoms with Gasteiger partial charge in [-0.25, -0.2) is 0 Å². The van der Waals surface area contributed by atoms with E-state index in [0.717, 1.165) is 22.1 Å².